The number of hydrogen-bond acceptors (Lipinski definition) is 8. The third-order valence-corrected chi connectivity index (χ3v) is 9.95. The number of fused-ring (bicyclic) bond motifs is 1. The number of halogens is 2. The molecule has 0 unspecified atom stereocenters. The van der Waals surface area contributed by atoms with Gasteiger partial charge in [0.2, 0.25) is 0 Å². The average Bonchev–Trinajstić information content (AvgIpc) is 3.25. The van der Waals surface area contributed by atoms with Crippen molar-refractivity contribution in [3.8, 4) is 11.1 Å². The van der Waals surface area contributed by atoms with Crippen LogP contribution in [0, 0.1) is 12.7 Å². The number of ether oxygens (including phenoxy) is 1. The van der Waals surface area contributed by atoms with Crippen LogP contribution in [0.4, 0.5) is 14.9 Å². The Morgan fingerprint density at radius 1 is 1.06 bits per heavy atom. The second kappa shape index (κ2) is 13.3. The fourth-order valence-corrected chi connectivity index (χ4v) is 7.02. The van der Waals surface area contributed by atoms with Gasteiger partial charge in [0.05, 0.1) is 41.5 Å². The minimum atomic E-state index is -4.09. The highest BCUT2D eigenvalue weighted by molar-refractivity contribution is 7.90. The predicted octanol–water partition coefficient (Wildman–Crippen LogP) is 6.24. The number of aryl methyl sites for hydroxylation is 1. The van der Waals surface area contributed by atoms with E-state index >= 15 is 0 Å². The monoisotopic (exact) mass is 707 g/mol. The van der Waals surface area contributed by atoms with E-state index in [0.29, 0.717) is 35.3 Å². The van der Waals surface area contributed by atoms with Crippen molar-refractivity contribution >= 4 is 44.4 Å². The third-order valence-electron chi connectivity index (χ3n) is 8.00. The van der Waals surface area contributed by atoms with E-state index in [1.165, 1.54) is 46.3 Å². The van der Waals surface area contributed by atoms with Crippen LogP contribution in [0.2, 0.25) is 5.02 Å². The molecule has 2 aromatic carbocycles. The second-order valence-corrected chi connectivity index (χ2v) is 14.9. The van der Waals surface area contributed by atoms with Gasteiger partial charge in [-0.25, -0.2) is 26.6 Å². The molecule has 1 amide bonds. The standard InChI is InChI=1S/C35H35ClFN5O6S/c1-23-8-10-27(11-9-23)49(45,46)42-22-29(24-12-13-40(31(43)18-24)21-25-6-5-7-30(36)32(25)37)28-19-26(20-38-33(28)42)39-14-15-41(47-17-16-39)34(44)48-35(2,3)4/h5-13,18-20,22H,14-17,21H2,1-4H3. The van der Waals surface area contributed by atoms with Gasteiger partial charge in [-0.1, -0.05) is 41.4 Å². The number of benzene rings is 2. The van der Waals surface area contributed by atoms with E-state index in [-0.39, 0.29) is 40.8 Å². The van der Waals surface area contributed by atoms with E-state index in [4.69, 9.17) is 21.2 Å². The van der Waals surface area contributed by atoms with Gasteiger partial charge in [0, 0.05) is 48.1 Å². The van der Waals surface area contributed by atoms with Crippen LogP contribution in [0.15, 0.2) is 88.9 Å². The van der Waals surface area contributed by atoms with Gasteiger partial charge >= 0.3 is 6.09 Å². The average molecular weight is 708 g/mol. The molecule has 11 nitrogen and oxygen atoms in total. The van der Waals surface area contributed by atoms with Gasteiger partial charge in [-0.05, 0) is 63.6 Å². The summed E-state index contributed by atoms with van der Waals surface area (Å²) in [4.78, 5) is 38.3. The van der Waals surface area contributed by atoms with E-state index in [1.807, 2.05) is 17.9 Å². The number of pyridine rings is 2. The first-order valence-electron chi connectivity index (χ1n) is 15.6. The van der Waals surface area contributed by atoms with Crippen LogP contribution in [0.1, 0.15) is 31.9 Å². The van der Waals surface area contributed by atoms with E-state index in [1.54, 1.807) is 57.3 Å². The summed E-state index contributed by atoms with van der Waals surface area (Å²) in [6, 6.07) is 16.0. The van der Waals surface area contributed by atoms with Crippen LogP contribution in [-0.4, -0.2) is 64.9 Å². The number of hydrogen-bond donors (Lipinski definition) is 0. The molecular weight excluding hydrogens is 673 g/mol. The first-order valence-corrected chi connectivity index (χ1v) is 17.4. The molecular formula is C35H35ClFN5O6S. The van der Waals surface area contributed by atoms with Crippen molar-refractivity contribution in [3.63, 3.8) is 0 Å². The van der Waals surface area contributed by atoms with Crippen LogP contribution in [-0.2, 0) is 26.1 Å². The Bertz CT molecular complexity index is 2210. The van der Waals surface area contributed by atoms with Crippen molar-refractivity contribution < 1.29 is 27.2 Å². The Morgan fingerprint density at radius 3 is 2.53 bits per heavy atom. The minimum Gasteiger partial charge on any atom is -0.442 e. The number of amides is 1. The summed E-state index contributed by atoms with van der Waals surface area (Å²) < 4.78 is 50.4. The second-order valence-electron chi connectivity index (χ2n) is 12.7. The molecule has 1 saturated heterocycles. The molecule has 6 rings (SSSR count). The lowest BCUT2D eigenvalue weighted by atomic mass is 10.1. The molecule has 0 N–H and O–H groups in total. The van der Waals surface area contributed by atoms with Gasteiger partial charge < -0.3 is 14.2 Å². The number of aromatic nitrogens is 3. The third kappa shape index (κ3) is 7.19. The molecule has 0 radical (unpaired) electrons. The molecule has 4 heterocycles. The highest BCUT2D eigenvalue weighted by atomic mass is 35.5. The Balaban J connectivity index is 1.40. The SMILES string of the molecule is Cc1ccc(S(=O)(=O)n2cc(-c3ccn(Cc4cccc(Cl)c4F)c(=O)c3)c3cc(N4CCON(C(=O)OC(C)(C)C)CC4)cnc32)cc1. The molecule has 3 aromatic heterocycles. The molecule has 256 valence electrons. The molecule has 1 fully saturated rings. The van der Waals surface area contributed by atoms with Gasteiger partial charge in [-0.15, -0.1) is 0 Å². The summed E-state index contributed by atoms with van der Waals surface area (Å²) in [7, 11) is -4.09. The highest BCUT2D eigenvalue weighted by Gasteiger charge is 2.28. The molecule has 49 heavy (non-hydrogen) atoms. The maximum absolute atomic E-state index is 14.6. The smallest absolute Gasteiger partial charge is 0.434 e. The minimum absolute atomic E-state index is 0.0402. The first-order chi connectivity index (χ1) is 23.2. The largest absolute Gasteiger partial charge is 0.442 e. The molecule has 14 heteroatoms. The summed E-state index contributed by atoms with van der Waals surface area (Å²) in [5, 5.41) is 1.64. The Hall–Kier alpha value is -4.72. The van der Waals surface area contributed by atoms with Crippen molar-refractivity contribution in [3.05, 3.63) is 112 Å². The highest BCUT2D eigenvalue weighted by Crippen LogP contribution is 2.34. The van der Waals surface area contributed by atoms with Crippen molar-refractivity contribution in [1.29, 1.82) is 0 Å². The van der Waals surface area contributed by atoms with Crippen molar-refractivity contribution in [1.82, 2.24) is 18.6 Å². The number of hydroxylamine groups is 2. The summed E-state index contributed by atoms with van der Waals surface area (Å²) in [5.74, 6) is -0.601. The molecule has 0 spiro atoms. The van der Waals surface area contributed by atoms with Gasteiger partial charge in [0.15, 0.2) is 5.65 Å². The molecule has 1 aliphatic heterocycles. The maximum Gasteiger partial charge on any atom is 0.434 e. The van der Waals surface area contributed by atoms with Crippen molar-refractivity contribution in [2.75, 3.05) is 31.1 Å². The maximum atomic E-state index is 14.6. The Kier molecular flexibility index (Phi) is 9.27. The van der Waals surface area contributed by atoms with Gasteiger partial charge in [-0.3, -0.25) is 9.63 Å². The van der Waals surface area contributed by atoms with E-state index in [0.717, 1.165) is 9.54 Å². The van der Waals surface area contributed by atoms with E-state index in [2.05, 4.69) is 4.98 Å². The van der Waals surface area contributed by atoms with Gasteiger partial charge in [-0.2, -0.15) is 5.06 Å². The molecule has 1 aliphatic rings. The van der Waals surface area contributed by atoms with E-state index < -0.39 is 33.1 Å². The topological polar surface area (TPSA) is 116 Å². The number of carbonyl (C=O) groups is 1. The Labute approximate surface area is 288 Å². The number of rotatable bonds is 6. The molecule has 0 atom stereocenters. The number of anilines is 1. The lowest BCUT2D eigenvalue weighted by Crippen LogP contribution is -2.38. The van der Waals surface area contributed by atoms with Crippen molar-refractivity contribution in [2.24, 2.45) is 0 Å². The Morgan fingerprint density at radius 2 is 1.82 bits per heavy atom. The van der Waals surface area contributed by atoms with Gasteiger partial charge in [0.25, 0.3) is 15.6 Å². The normalized spacial score (nSPS) is 14.2. The quantitative estimate of drug-likeness (QED) is 0.204. The molecule has 0 aliphatic carbocycles. The molecule has 0 saturated carbocycles. The van der Waals surface area contributed by atoms with Crippen LogP contribution < -0.4 is 10.5 Å². The summed E-state index contributed by atoms with van der Waals surface area (Å²) in [6.07, 6.45) is 3.98. The van der Waals surface area contributed by atoms with Gasteiger partial charge in [0.1, 0.15) is 11.4 Å². The van der Waals surface area contributed by atoms with Crippen LogP contribution in [0.5, 0.6) is 0 Å². The van der Waals surface area contributed by atoms with Crippen molar-refractivity contribution in [2.45, 2.75) is 44.7 Å². The van der Waals surface area contributed by atoms with Crippen LogP contribution in [0.25, 0.3) is 22.2 Å². The first kappa shape index (κ1) is 34.2. The zero-order valence-electron chi connectivity index (χ0n) is 27.4. The summed E-state index contributed by atoms with van der Waals surface area (Å²) >= 11 is 5.94. The van der Waals surface area contributed by atoms with Crippen LogP contribution in [0.3, 0.4) is 0 Å². The summed E-state index contributed by atoms with van der Waals surface area (Å²) in [5.41, 5.74) is 1.80. The zero-order valence-corrected chi connectivity index (χ0v) is 29.0. The fourth-order valence-electron chi connectivity index (χ4n) is 5.50. The summed E-state index contributed by atoms with van der Waals surface area (Å²) in [6.45, 7) is 8.37. The lowest BCUT2D eigenvalue weighted by Gasteiger charge is -2.25. The van der Waals surface area contributed by atoms with E-state index in [9.17, 15) is 22.4 Å². The molecule has 5 aromatic rings. The zero-order chi connectivity index (χ0) is 35.1. The number of carbonyl (C=O) groups excluding carboxylic acids is 1. The molecule has 0 bridgehead atoms. The van der Waals surface area contributed by atoms with Crippen LogP contribution >= 0.6 is 11.6 Å². The predicted molar refractivity (Wildman–Crippen MR) is 185 cm³/mol. The fraction of sp³-hybridized carbons (Fsp3) is 0.286. The lowest BCUT2D eigenvalue weighted by molar-refractivity contribution is -0.137. The number of nitrogens with zero attached hydrogens (tertiary/aromatic N) is 5.